The van der Waals surface area contributed by atoms with Gasteiger partial charge in [0.25, 0.3) is 5.91 Å². The van der Waals surface area contributed by atoms with E-state index in [1.165, 1.54) is 7.11 Å². The van der Waals surface area contributed by atoms with Crippen LogP contribution >= 0.6 is 0 Å². The van der Waals surface area contributed by atoms with Gasteiger partial charge < -0.3 is 10.5 Å². The molecule has 4 heteroatoms. The maximum atomic E-state index is 11.6. The Morgan fingerprint density at radius 2 is 1.86 bits per heavy atom. The number of benzene rings is 1. The SMILES string of the molecule is COC(C(N)=O)C(=O)c1ccccc1. The zero-order valence-electron chi connectivity index (χ0n) is 7.77. The van der Waals surface area contributed by atoms with Crippen molar-refractivity contribution in [2.75, 3.05) is 7.11 Å². The molecule has 0 aliphatic rings. The van der Waals surface area contributed by atoms with Gasteiger partial charge in [-0.15, -0.1) is 0 Å². The molecule has 0 fully saturated rings. The van der Waals surface area contributed by atoms with Gasteiger partial charge in [0, 0.05) is 12.7 Å². The van der Waals surface area contributed by atoms with E-state index in [1.54, 1.807) is 30.3 Å². The first-order valence-electron chi connectivity index (χ1n) is 4.08. The monoisotopic (exact) mass is 193 g/mol. The van der Waals surface area contributed by atoms with Crippen LogP contribution in [-0.2, 0) is 9.53 Å². The number of rotatable bonds is 4. The van der Waals surface area contributed by atoms with Crippen LogP contribution in [0.5, 0.6) is 0 Å². The van der Waals surface area contributed by atoms with Gasteiger partial charge in [-0.1, -0.05) is 30.3 Å². The fourth-order valence-corrected chi connectivity index (χ4v) is 1.11. The third kappa shape index (κ3) is 2.17. The summed E-state index contributed by atoms with van der Waals surface area (Å²) >= 11 is 0. The van der Waals surface area contributed by atoms with Crippen LogP contribution in [0.4, 0.5) is 0 Å². The normalized spacial score (nSPS) is 12.1. The lowest BCUT2D eigenvalue weighted by molar-refractivity contribution is -0.125. The Balaban J connectivity index is 2.89. The molecule has 74 valence electrons. The van der Waals surface area contributed by atoms with Gasteiger partial charge in [0.2, 0.25) is 5.78 Å². The molecular weight excluding hydrogens is 182 g/mol. The summed E-state index contributed by atoms with van der Waals surface area (Å²) < 4.78 is 4.70. The number of amides is 1. The first-order chi connectivity index (χ1) is 6.66. The molecule has 1 amide bonds. The summed E-state index contributed by atoms with van der Waals surface area (Å²) in [6, 6.07) is 8.42. The van der Waals surface area contributed by atoms with E-state index in [0.717, 1.165) is 0 Å². The first kappa shape index (κ1) is 10.4. The second kappa shape index (κ2) is 4.53. The third-order valence-electron chi connectivity index (χ3n) is 1.79. The van der Waals surface area contributed by atoms with Crippen molar-refractivity contribution < 1.29 is 14.3 Å². The number of ether oxygens (including phenoxy) is 1. The fourth-order valence-electron chi connectivity index (χ4n) is 1.11. The Labute approximate surface area is 81.7 Å². The van der Waals surface area contributed by atoms with Crippen LogP contribution in [0.25, 0.3) is 0 Å². The largest absolute Gasteiger partial charge is 0.367 e. The summed E-state index contributed by atoms with van der Waals surface area (Å²) in [5.41, 5.74) is 5.42. The predicted molar refractivity (Wildman–Crippen MR) is 50.8 cm³/mol. The molecule has 1 aromatic rings. The van der Waals surface area contributed by atoms with E-state index in [9.17, 15) is 9.59 Å². The molecule has 0 saturated carbocycles. The Morgan fingerprint density at radius 3 is 2.29 bits per heavy atom. The second-order valence-electron chi connectivity index (χ2n) is 2.75. The number of nitrogens with two attached hydrogens (primary N) is 1. The lowest BCUT2D eigenvalue weighted by Crippen LogP contribution is -2.37. The van der Waals surface area contributed by atoms with Crippen molar-refractivity contribution in [2.24, 2.45) is 5.73 Å². The highest BCUT2D eigenvalue weighted by Gasteiger charge is 2.24. The maximum absolute atomic E-state index is 11.6. The number of ketones is 1. The van der Waals surface area contributed by atoms with Gasteiger partial charge in [-0.05, 0) is 0 Å². The molecule has 0 aliphatic carbocycles. The van der Waals surface area contributed by atoms with Gasteiger partial charge >= 0.3 is 0 Å². The van der Waals surface area contributed by atoms with Crippen LogP contribution in [0.3, 0.4) is 0 Å². The average Bonchev–Trinajstić information content (AvgIpc) is 2.19. The molecular formula is C10H11NO3. The molecule has 1 rings (SSSR count). The number of primary amides is 1. The number of carbonyl (C=O) groups is 2. The van der Waals surface area contributed by atoms with Gasteiger partial charge in [0.05, 0.1) is 0 Å². The van der Waals surface area contributed by atoms with Gasteiger partial charge in [0.15, 0.2) is 6.10 Å². The predicted octanol–water partition coefficient (Wildman–Crippen LogP) is 0.370. The minimum absolute atomic E-state index is 0.415. The Kier molecular flexibility index (Phi) is 3.36. The summed E-state index contributed by atoms with van der Waals surface area (Å²) in [7, 11) is 1.27. The lowest BCUT2D eigenvalue weighted by atomic mass is 10.1. The first-order valence-corrected chi connectivity index (χ1v) is 4.08. The molecule has 2 N–H and O–H groups in total. The van der Waals surface area contributed by atoms with Crippen molar-refractivity contribution in [3.8, 4) is 0 Å². The minimum Gasteiger partial charge on any atom is -0.367 e. The van der Waals surface area contributed by atoms with Crippen molar-refractivity contribution in [3.05, 3.63) is 35.9 Å². The fraction of sp³-hybridized carbons (Fsp3) is 0.200. The molecule has 4 nitrogen and oxygen atoms in total. The van der Waals surface area contributed by atoms with E-state index in [1.807, 2.05) is 0 Å². The molecule has 0 radical (unpaired) electrons. The minimum atomic E-state index is -1.20. The Hall–Kier alpha value is -1.68. The number of Topliss-reactive ketones (excluding diaryl/α,β-unsaturated/α-hetero) is 1. The topological polar surface area (TPSA) is 69.4 Å². The smallest absolute Gasteiger partial charge is 0.254 e. The van der Waals surface area contributed by atoms with Crippen molar-refractivity contribution in [1.29, 1.82) is 0 Å². The van der Waals surface area contributed by atoms with Crippen molar-refractivity contribution in [3.63, 3.8) is 0 Å². The third-order valence-corrected chi connectivity index (χ3v) is 1.79. The highest BCUT2D eigenvalue weighted by Crippen LogP contribution is 2.05. The Bertz CT molecular complexity index is 334. The van der Waals surface area contributed by atoms with Crippen LogP contribution in [0.1, 0.15) is 10.4 Å². The summed E-state index contributed by atoms with van der Waals surface area (Å²) in [5.74, 6) is -1.19. The van der Waals surface area contributed by atoms with Crippen LogP contribution in [0.15, 0.2) is 30.3 Å². The van der Waals surface area contributed by atoms with E-state index in [-0.39, 0.29) is 0 Å². The molecule has 0 aromatic heterocycles. The molecule has 0 spiro atoms. The Morgan fingerprint density at radius 1 is 1.29 bits per heavy atom. The average molecular weight is 193 g/mol. The molecule has 1 atom stereocenters. The van der Waals surface area contributed by atoms with Crippen LogP contribution < -0.4 is 5.73 Å². The molecule has 0 heterocycles. The number of hydrogen-bond donors (Lipinski definition) is 1. The van der Waals surface area contributed by atoms with E-state index in [2.05, 4.69) is 0 Å². The molecule has 0 saturated heterocycles. The standard InChI is InChI=1S/C10H11NO3/c1-14-9(10(11)13)8(12)7-5-3-2-4-6-7/h2-6,9H,1H3,(H2,11,13). The van der Waals surface area contributed by atoms with Gasteiger partial charge in [0.1, 0.15) is 0 Å². The van der Waals surface area contributed by atoms with Crippen LogP contribution in [0, 0.1) is 0 Å². The quantitative estimate of drug-likeness (QED) is 0.554. The summed E-state index contributed by atoms with van der Waals surface area (Å²) in [6.45, 7) is 0. The van der Waals surface area contributed by atoms with E-state index >= 15 is 0 Å². The van der Waals surface area contributed by atoms with Gasteiger partial charge in [-0.25, -0.2) is 0 Å². The summed E-state index contributed by atoms with van der Waals surface area (Å²) in [4.78, 5) is 22.4. The summed E-state index contributed by atoms with van der Waals surface area (Å²) in [5, 5.41) is 0. The van der Waals surface area contributed by atoms with Crippen molar-refractivity contribution in [2.45, 2.75) is 6.10 Å². The highest BCUT2D eigenvalue weighted by atomic mass is 16.5. The van der Waals surface area contributed by atoms with Gasteiger partial charge in [-0.3, -0.25) is 9.59 Å². The molecule has 0 aliphatic heterocycles. The molecule has 0 bridgehead atoms. The molecule has 1 aromatic carbocycles. The number of methoxy groups -OCH3 is 1. The number of carbonyl (C=O) groups excluding carboxylic acids is 2. The highest BCUT2D eigenvalue weighted by molar-refractivity contribution is 6.12. The zero-order valence-corrected chi connectivity index (χ0v) is 7.77. The van der Waals surface area contributed by atoms with E-state index in [0.29, 0.717) is 5.56 Å². The zero-order chi connectivity index (χ0) is 10.6. The van der Waals surface area contributed by atoms with Crippen molar-refractivity contribution in [1.82, 2.24) is 0 Å². The molecule has 1 unspecified atom stereocenters. The van der Waals surface area contributed by atoms with Crippen LogP contribution in [0.2, 0.25) is 0 Å². The maximum Gasteiger partial charge on any atom is 0.254 e. The van der Waals surface area contributed by atoms with E-state index in [4.69, 9.17) is 10.5 Å². The molecule has 14 heavy (non-hydrogen) atoms. The van der Waals surface area contributed by atoms with Gasteiger partial charge in [-0.2, -0.15) is 0 Å². The second-order valence-corrected chi connectivity index (χ2v) is 2.75. The lowest BCUT2D eigenvalue weighted by Gasteiger charge is -2.09. The van der Waals surface area contributed by atoms with Crippen molar-refractivity contribution >= 4 is 11.7 Å². The summed E-state index contributed by atoms with van der Waals surface area (Å²) in [6.07, 6.45) is -1.20. The van der Waals surface area contributed by atoms with E-state index < -0.39 is 17.8 Å². The van der Waals surface area contributed by atoms with Crippen LogP contribution in [-0.4, -0.2) is 24.9 Å². The number of hydrogen-bond acceptors (Lipinski definition) is 3.